The maximum atomic E-state index is 3.69. The van der Waals surface area contributed by atoms with Crippen LogP contribution >= 0.6 is 31.4 Å². The molecule has 0 aliphatic rings. The third-order valence-corrected chi connectivity index (χ3v) is 6.16. The summed E-state index contributed by atoms with van der Waals surface area (Å²) in [4.78, 5) is 0. The molecule has 0 bridgehead atoms. The largest absolute Gasteiger partial charge is 0.0622 e. The van der Waals surface area contributed by atoms with Crippen molar-refractivity contribution in [1.29, 1.82) is 0 Å². The minimum atomic E-state index is 0. The van der Waals surface area contributed by atoms with Crippen LogP contribution in [0.2, 0.25) is 0 Å². The van der Waals surface area contributed by atoms with Crippen molar-refractivity contribution in [3.63, 3.8) is 0 Å². The summed E-state index contributed by atoms with van der Waals surface area (Å²) in [5.74, 6) is 0. The third kappa shape index (κ3) is 16.3. The Labute approximate surface area is 251 Å². The van der Waals surface area contributed by atoms with Crippen LogP contribution in [0.3, 0.4) is 0 Å². The number of hydrogen-bond acceptors (Lipinski definition) is 0. The second-order valence-electron chi connectivity index (χ2n) is 5.71. The first-order valence-corrected chi connectivity index (χ1v) is 13.2. The van der Waals surface area contributed by atoms with Crippen LogP contribution < -0.4 is 21.2 Å². The summed E-state index contributed by atoms with van der Waals surface area (Å²) >= 11 is 6.25. The first kappa shape index (κ1) is 37.2. The van der Waals surface area contributed by atoms with Gasteiger partial charge < -0.3 is 0 Å². The molecular formula is C24H22BrNi5P2. The zero-order valence-corrected chi connectivity index (χ0v) is 25.0. The molecule has 0 N–H and O–H groups in total. The Kier molecular flexibility index (Phi) is 28.9. The molecule has 0 saturated heterocycles. The first-order chi connectivity index (χ1) is 13.9. The maximum absolute atomic E-state index is 3.69. The molecule has 0 spiro atoms. The molecule has 0 heterocycles. The molecule has 0 aliphatic heterocycles. The standard InChI is InChI=1S/2C12H11P.BrH.5Ni/c2*1-3-7-11(8-4-1)13-12-9-5-2-6-10-12;;;;;;/h2*1-10,13H;1H;;;;;/q;;;;;;;+1/p-1. The molecule has 0 radical (unpaired) electrons. The number of rotatable bonds is 4. The van der Waals surface area contributed by atoms with Gasteiger partial charge in [-0.3, -0.25) is 0 Å². The third-order valence-electron chi connectivity index (χ3n) is 3.67. The van der Waals surface area contributed by atoms with Gasteiger partial charge in [-0.25, -0.2) is 0 Å². The van der Waals surface area contributed by atoms with Crippen molar-refractivity contribution >= 4 is 52.6 Å². The van der Waals surface area contributed by atoms with E-state index in [4.69, 9.17) is 0 Å². The van der Waals surface area contributed by atoms with Crippen molar-refractivity contribution in [2.45, 2.75) is 0 Å². The van der Waals surface area contributed by atoms with E-state index in [1.54, 1.807) is 0 Å². The molecule has 32 heavy (non-hydrogen) atoms. The van der Waals surface area contributed by atoms with Crippen LogP contribution in [0, 0.1) is 0 Å². The minimum absolute atomic E-state index is 0. The fraction of sp³-hybridized carbons (Fsp3) is 0. The zero-order chi connectivity index (χ0) is 19.9. The van der Waals surface area contributed by atoms with Crippen molar-refractivity contribution in [2.75, 3.05) is 0 Å². The van der Waals surface area contributed by atoms with Crippen molar-refractivity contribution in [1.82, 2.24) is 0 Å². The van der Waals surface area contributed by atoms with Crippen LogP contribution in [0.15, 0.2) is 121 Å². The molecule has 0 nitrogen and oxygen atoms in total. The molecule has 185 valence electrons. The molecule has 0 fully saturated rings. The fourth-order valence-corrected chi connectivity index (χ4v) is 4.52. The molecule has 4 aromatic rings. The van der Waals surface area contributed by atoms with Gasteiger partial charge in [0.2, 0.25) is 0 Å². The van der Waals surface area contributed by atoms with Gasteiger partial charge in [0.25, 0.3) is 0 Å². The van der Waals surface area contributed by atoms with Crippen molar-refractivity contribution < 1.29 is 79.7 Å². The minimum Gasteiger partial charge on any atom is -0.0622 e. The van der Waals surface area contributed by atoms with E-state index in [1.165, 1.54) is 21.2 Å². The van der Waals surface area contributed by atoms with Gasteiger partial charge in [0.1, 0.15) is 0 Å². The second kappa shape index (κ2) is 24.8. The maximum Gasteiger partial charge on any atom is -0.0226 e. The van der Waals surface area contributed by atoms with Crippen molar-refractivity contribution in [3.8, 4) is 0 Å². The van der Waals surface area contributed by atoms with Gasteiger partial charge in [-0.1, -0.05) is 138 Å². The zero-order valence-electron chi connectivity index (χ0n) is 16.5. The summed E-state index contributed by atoms with van der Waals surface area (Å²) < 4.78 is 0. The Morgan fingerprint density at radius 2 is 0.500 bits per heavy atom. The van der Waals surface area contributed by atoms with Gasteiger partial charge in [-0.2, -0.15) is 0 Å². The molecule has 0 aromatic heterocycles. The molecule has 4 aromatic carbocycles. The average Bonchev–Trinajstić information content (AvgIpc) is 2.79. The Morgan fingerprint density at radius 1 is 0.344 bits per heavy atom. The molecule has 0 amide bonds. The Balaban J connectivity index is -0.000000437. The predicted octanol–water partition coefficient (Wildman–Crippen LogP) is 5.46. The molecule has 4 rings (SSSR count). The Morgan fingerprint density at radius 3 is 0.656 bits per heavy atom. The number of halogens is 1. The Bertz CT molecular complexity index is 735. The predicted molar refractivity (Wildman–Crippen MR) is 130 cm³/mol. The van der Waals surface area contributed by atoms with Crippen LogP contribution in [0.1, 0.15) is 0 Å². The van der Waals surface area contributed by atoms with E-state index in [9.17, 15) is 0 Å². The topological polar surface area (TPSA) is 0 Å². The number of benzene rings is 4. The molecule has 0 atom stereocenters. The van der Waals surface area contributed by atoms with E-state index >= 15 is 0 Å². The summed E-state index contributed by atoms with van der Waals surface area (Å²) in [5.41, 5.74) is 0. The van der Waals surface area contributed by atoms with E-state index in [0.29, 0.717) is 0 Å². The van der Waals surface area contributed by atoms with Gasteiger partial charge in [0.05, 0.1) is 0 Å². The van der Waals surface area contributed by atoms with Gasteiger partial charge in [-0.05, 0) is 21.2 Å². The van der Waals surface area contributed by atoms with Gasteiger partial charge in [0.15, 0.2) is 0 Å². The van der Waals surface area contributed by atoms with Gasteiger partial charge in [0, 0.05) is 66.0 Å². The van der Waals surface area contributed by atoms with Gasteiger partial charge >= 0.3 is 27.9 Å². The molecule has 0 saturated carbocycles. The summed E-state index contributed by atoms with van der Waals surface area (Å²) in [6.07, 6.45) is 0. The normalized spacial score (nSPS) is 8.22. The summed E-state index contributed by atoms with van der Waals surface area (Å²) in [6, 6.07) is 42.3. The molecule has 8 heteroatoms. The van der Waals surface area contributed by atoms with Crippen LogP contribution in [-0.2, 0) is 79.7 Å². The van der Waals surface area contributed by atoms with Crippen molar-refractivity contribution in [3.05, 3.63) is 121 Å². The monoisotopic (exact) mass is 741 g/mol. The van der Waals surface area contributed by atoms with E-state index in [-0.39, 0.29) is 66.0 Å². The SMILES string of the molecule is [Ni].[Ni].[Ni].[Ni].[Ni][Br].c1ccc(Pc2ccccc2)cc1.c1ccc(Pc2ccccc2)cc1. The van der Waals surface area contributed by atoms with Gasteiger partial charge in [-0.15, -0.1) is 0 Å². The molecule has 0 aliphatic carbocycles. The van der Waals surface area contributed by atoms with E-state index < -0.39 is 0 Å². The summed E-state index contributed by atoms with van der Waals surface area (Å²) in [5, 5.41) is 5.59. The van der Waals surface area contributed by atoms with E-state index in [1.807, 2.05) is 0 Å². The van der Waals surface area contributed by atoms with E-state index in [0.717, 1.165) is 17.2 Å². The average molecular weight is 746 g/mol. The molecular weight excluding hydrogens is 724 g/mol. The van der Waals surface area contributed by atoms with Crippen LogP contribution in [0.25, 0.3) is 0 Å². The summed E-state index contributed by atoms with van der Waals surface area (Å²) in [6.45, 7) is 0. The first-order valence-electron chi connectivity index (χ1n) is 8.76. The molecule has 0 unspecified atom stereocenters. The Hall–Kier alpha value is 0.688. The van der Waals surface area contributed by atoms with E-state index in [2.05, 4.69) is 149 Å². The second-order valence-corrected chi connectivity index (χ2v) is 8.52. The van der Waals surface area contributed by atoms with Crippen LogP contribution in [0.5, 0.6) is 0 Å². The van der Waals surface area contributed by atoms with Crippen LogP contribution in [0.4, 0.5) is 0 Å². The van der Waals surface area contributed by atoms with Crippen molar-refractivity contribution in [2.24, 2.45) is 0 Å². The smallest absolute Gasteiger partial charge is 0.0226 e. The fourth-order valence-electron chi connectivity index (χ4n) is 2.42. The number of hydrogen-bond donors (Lipinski definition) is 0. The summed E-state index contributed by atoms with van der Waals surface area (Å²) in [7, 11) is 1.55. The van der Waals surface area contributed by atoms with Crippen LogP contribution in [-0.4, -0.2) is 0 Å². The quantitative estimate of drug-likeness (QED) is 0.192.